The van der Waals surface area contributed by atoms with E-state index in [-0.39, 0.29) is 17.5 Å². The van der Waals surface area contributed by atoms with Crippen LogP contribution >= 0.6 is 0 Å². The molecule has 1 aromatic rings. The molecule has 1 N–H and O–H groups in total. The summed E-state index contributed by atoms with van der Waals surface area (Å²) in [5.74, 6) is 2.44. The second kappa shape index (κ2) is 6.04. The van der Waals surface area contributed by atoms with Gasteiger partial charge in [0.1, 0.15) is 0 Å². The Hall–Kier alpha value is -1.58. The quantitative estimate of drug-likeness (QED) is 0.903. The molecule has 2 aliphatic carbocycles. The van der Waals surface area contributed by atoms with Crippen molar-refractivity contribution in [1.82, 2.24) is 9.88 Å². The molecule has 0 radical (unpaired) electrons. The second-order valence-electron chi connectivity index (χ2n) is 6.68. The van der Waals surface area contributed by atoms with Gasteiger partial charge in [-0.15, -0.1) is 0 Å². The molecule has 1 heterocycles. The lowest BCUT2D eigenvalue weighted by atomic mass is 9.84. The molecule has 3 rings (SSSR count). The van der Waals surface area contributed by atoms with Gasteiger partial charge in [0.15, 0.2) is 0 Å². The molecule has 0 saturated heterocycles. The lowest BCUT2D eigenvalue weighted by Gasteiger charge is -2.28. The summed E-state index contributed by atoms with van der Waals surface area (Å²) >= 11 is 0. The van der Waals surface area contributed by atoms with Crippen molar-refractivity contribution in [3.8, 4) is 0 Å². The van der Waals surface area contributed by atoms with Crippen molar-refractivity contribution in [2.45, 2.75) is 51.6 Å². The monoisotopic (exact) mass is 288 g/mol. The molecular weight excluding hydrogens is 264 g/mol. The van der Waals surface area contributed by atoms with E-state index in [0.29, 0.717) is 18.9 Å². The van der Waals surface area contributed by atoms with Gasteiger partial charge >= 0.3 is 0 Å². The number of nitrogens with one attached hydrogen (secondary N) is 1. The number of pyridine rings is 1. The lowest BCUT2D eigenvalue weighted by molar-refractivity contribution is -0.122. The first-order chi connectivity index (χ1) is 10.1. The van der Waals surface area contributed by atoms with Crippen LogP contribution in [0.4, 0.5) is 0 Å². The Morgan fingerprint density at radius 2 is 2.24 bits per heavy atom. The first-order valence-electron chi connectivity index (χ1n) is 8.08. The van der Waals surface area contributed by atoms with Gasteiger partial charge < -0.3 is 9.88 Å². The highest BCUT2D eigenvalue weighted by Crippen LogP contribution is 2.49. The molecule has 0 aromatic carbocycles. The molecule has 4 nitrogen and oxygen atoms in total. The normalized spacial score (nSPS) is 28.5. The third kappa shape index (κ3) is 3.20. The summed E-state index contributed by atoms with van der Waals surface area (Å²) in [5.41, 5.74) is -0.0496. The Kier molecular flexibility index (Phi) is 4.13. The standard InChI is InChI=1S/C17H24N2O2/c1-12(15-11-13-5-6-14(15)10-13)18-16(20)7-9-19-8-3-2-4-17(19)21/h2-4,8,12-15H,5-7,9-11H2,1H3,(H,18,20). The van der Waals surface area contributed by atoms with Crippen molar-refractivity contribution in [3.05, 3.63) is 34.7 Å². The number of rotatable bonds is 5. The van der Waals surface area contributed by atoms with Crippen LogP contribution in [0.5, 0.6) is 0 Å². The number of nitrogens with zero attached hydrogens (tertiary/aromatic N) is 1. The van der Waals surface area contributed by atoms with Crippen LogP contribution in [0.1, 0.15) is 39.0 Å². The molecule has 2 aliphatic rings. The Balaban J connectivity index is 1.48. The molecule has 0 spiro atoms. The smallest absolute Gasteiger partial charge is 0.250 e. The minimum absolute atomic E-state index is 0.0496. The van der Waals surface area contributed by atoms with E-state index in [1.54, 1.807) is 16.8 Å². The van der Waals surface area contributed by atoms with Crippen molar-refractivity contribution in [1.29, 1.82) is 0 Å². The molecule has 2 fully saturated rings. The first-order valence-corrected chi connectivity index (χ1v) is 8.08. The van der Waals surface area contributed by atoms with Gasteiger partial charge in [-0.2, -0.15) is 0 Å². The van der Waals surface area contributed by atoms with Crippen LogP contribution in [-0.2, 0) is 11.3 Å². The van der Waals surface area contributed by atoms with Crippen LogP contribution in [0.25, 0.3) is 0 Å². The van der Waals surface area contributed by atoms with Crippen molar-refractivity contribution < 1.29 is 4.79 Å². The van der Waals surface area contributed by atoms with Crippen LogP contribution in [0.2, 0.25) is 0 Å². The van der Waals surface area contributed by atoms with E-state index in [0.717, 1.165) is 11.8 Å². The molecule has 4 unspecified atom stereocenters. The maximum absolute atomic E-state index is 12.1. The van der Waals surface area contributed by atoms with E-state index >= 15 is 0 Å². The molecule has 21 heavy (non-hydrogen) atoms. The van der Waals surface area contributed by atoms with E-state index in [1.807, 2.05) is 6.07 Å². The number of carbonyl (C=O) groups excluding carboxylic acids is 1. The average Bonchev–Trinajstić information content (AvgIpc) is 3.09. The minimum atomic E-state index is -0.0496. The number of aryl methyl sites for hydroxylation is 1. The van der Waals surface area contributed by atoms with E-state index in [1.165, 1.54) is 31.7 Å². The number of hydrogen-bond acceptors (Lipinski definition) is 2. The topological polar surface area (TPSA) is 51.1 Å². The zero-order valence-electron chi connectivity index (χ0n) is 12.6. The third-order valence-corrected chi connectivity index (χ3v) is 5.30. The van der Waals surface area contributed by atoms with Gasteiger partial charge in [-0.3, -0.25) is 9.59 Å². The Morgan fingerprint density at radius 3 is 2.90 bits per heavy atom. The zero-order chi connectivity index (χ0) is 14.8. The summed E-state index contributed by atoms with van der Waals surface area (Å²) in [6.45, 7) is 2.59. The summed E-state index contributed by atoms with van der Waals surface area (Å²) in [5, 5.41) is 3.14. The largest absolute Gasteiger partial charge is 0.353 e. The predicted molar refractivity (Wildman–Crippen MR) is 81.9 cm³/mol. The average molecular weight is 288 g/mol. The molecule has 4 heteroatoms. The molecule has 4 atom stereocenters. The van der Waals surface area contributed by atoms with Crippen molar-refractivity contribution in [2.75, 3.05) is 0 Å². The van der Waals surface area contributed by atoms with Gasteiger partial charge in [0, 0.05) is 31.3 Å². The molecule has 114 valence electrons. The summed E-state index contributed by atoms with van der Waals surface area (Å²) in [6.07, 6.45) is 7.48. The Bertz CT molecular complexity index is 566. The van der Waals surface area contributed by atoms with Crippen molar-refractivity contribution in [3.63, 3.8) is 0 Å². The molecular formula is C17H24N2O2. The third-order valence-electron chi connectivity index (χ3n) is 5.30. The van der Waals surface area contributed by atoms with E-state index in [2.05, 4.69) is 12.2 Å². The zero-order valence-corrected chi connectivity index (χ0v) is 12.6. The molecule has 1 aromatic heterocycles. The van der Waals surface area contributed by atoms with Gasteiger partial charge in [0.05, 0.1) is 0 Å². The van der Waals surface area contributed by atoms with E-state index in [4.69, 9.17) is 0 Å². The number of aromatic nitrogens is 1. The first kappa shape index (κ1) is 14.4. The van der Waals surface area contributed by atoms with Crippen LogP contribution < -0.4 is 10.9 Å². The Labute approximate surface area is 125 Å². The summed E-state index contributed by atoms with van der Waals surface area (Å²) in [4.78, 5) is 23.7. The minimum Gasteiger partial charge on any atom is -0.353 e. The van der Waals surface area contributed by atoms with Crippen LogP contribution in [-0.4, -0.2) is 16.5 Å². The van der Waals surface area contributed by atoms with Gasteiger partial charge in [0.2, 0.25) is 5.91 Å². The summed E-state index contributed by atoms with van der Waals surface area (Å²) in [7, 11) is 0. The molecule has 2 saturated carbocycles. The number of carbonyl (C=O) groups is 1. The molecule has 0 aliphatic heterocycles. The fourth-order valence-electron chi connectivity index (χ4n) is 4.21. The van der Waals surface area contributed by atoms with E-state index < -0.39 is 0 Å². The van der Waals surface area contributed by atoms with Gasteiger partial charge in [-0.25, -0.2) is 0 Å². The van der Waals surface area contributed by atoms with Crippen molar-refractivity contribution >= 4 is 5.91 Å². The van der Waals surface area contributed by atoms with Crippen molar-refractivity contribution in [2.24, 2.45) is 17.8 Å². The Morgan fingerprint density at radius 1 is 1.38 bits per heavy atom. The lowest BCUT2D eigenvalue weighted by Crippen LogP contribution is -2.40. The fourth-order valence-corrected chi connectivity index (χ4v) is 4.21. The highest BCUT2D eigenvalue weighted by Gasteiger charge is 2.41. The number of amides is 1. The second-order valence-corrected chi connectivity index (χ2v) is 6.68. The highest BCUT2D eigenvalue weighted by atomic mass is 16.2. The predicted octanol–water partition coefficient (Wildman–Crippen LogP) is 2.18. The maximum Gasteiger partial charge on any atom is 0.250 e. The fraction of sp³-hybridized carbons (Fsp3) is 0.647. The summed E-state index contributed by atoms with van der Waals surface area (Å²) < 4.78 is 1.59. The van der Waals surface area contributed by atoms with E-state index in [9.17, 15) is 9.59 Å². The highest BCUT2D eigenvalue weighted by molar-refractivity contribution is 5.76. The molecule has 2 bridgehead atoms. The van der Waals surface area contributed by atoms with Crippen LogP contribution in [0.15, 0.2) is 29.2 Å². The van der Waals surface area contributed by atoms with Gasteiger partial charge in [-0.1, -0.05) is 12.5 Å². The maximum atomic E-state index is 12.1. The summed E-state index contributed by atoms with van der Waals surface area (Å²) in [6, 6.07) is 5.32. The van der Waals surface area contributed by atoms with Crippen LogP contribution in [0, 0.1) is 17.8 Å². The molecule has 1 amide bonds. The van der Waals surface area contributed by atoms with Gasteiger partial charge in [-0.05, 0) is 50.0 Å². The SMILES string of the molecule is CC(NC(=O)CCn1ccccc1=O)C1CC2CCC1C2. The number of hydrogen-bond donors (Lipinski definition) is 1. The number of fused-ring (bicyclic) bond motifs is 2. The van der Waals surface area contributed by atoms with Crippen LogP contribution in [0.3, 0.4) is 0 Å². The van der Waals surface area contributed by atoms with Gasteiger partial charge in [0.25, 0.3) is 5.56 Å².